The van der Waals surface area contributed by atoms with Crippen LogP contribution in [-0.4, -0.2) is 29.4 Å². The number of carbonyl (C=O) groups is 1. The lowest BCUT2D eigenvalue weighted by Gasteiger charge is -2.35. The Morgan fingerprint density at radius 1 is 1.24 bits per heavy atom. The van der Waals surface area contributed by atoms with Gasteiger partial charge >= 0.3 is 0 Å². The van der Waals surface area contributed by atoms with E-state index in [1.165, 1.54) is 11.1 Å². The summed E-state index contributed by atoms with van der Waals surface area (Å²) in [4.78, 5) is 14.7. The van der Waals surface area contributed by atoms with E-state index in [9.17, 15) is 4.79 Å². The third-order valence-electron chi connectivity index (χ3n) is 4.69. The first-order valence-corrected chi connectivity index (χ1v) is 8.12. The highest BCUT2D eigenvalue weighted by Crippen LogP contribution is 2.23. The maximum absolute atomic E-state index is 12.7. The molecule has 1 fully saturated rings. The Hall–Kier alpha value is -1.35. The van der Waals surface area contributed by atoms with Crippen LogP contribution in [0.1, 0.15) is 49.3 Å². The van der Waals surface area contributed by atoms with Crippen LogP contribution >= 0.6 is 0 Å². The standard InChI is InChI=1S/C18H28N2O/c1-4-20(17-9-7-16(19)8-10-17)18(21)12-15-11-13(2)5-6-14(15)3/h5-6,11,16-17H,4,7-10,12,19H2,1-3H3. The van der Waals surface area contributed by atoms with Gasteiger partial charge in [-0.1, -0.05) is 23.8 Å². The van der Waals surface area contributed by atoms with E-state index in [-0.39, 0.29) is 5.91 Å². The van der Waals surface area contributed by atoms with Gasteiger partial charge in [0.25, 0.3) is 0 Å². The predicted octanol–water partition coefficient (Wildman–Crippen LogP) is 2.96. The van der Waals surface area contributed by atoms with Gasteiger partial charge in [-0.15, -0.1) is 0 Å². The number of nitrogens with zero attached hydrogens (tertiary/aromatic N) is 1. The second kappa shape index (κ2) is 7.08. The molecule has 0 aromatic heterocycles. The van der Waals surface area contributed by atoms with Crippen molar-refractivity contribution in [1.82, 2.24) is 4.90 Å². The molecule has 1 aromatic carbocycles. The van der Waals surface area contributed by atoms with Crippen LogP contribution in [-0.2, 0) is 11.2 Å². The number of aryl methyl sites for hydroxylation is 2. The summed E-state index contributed by atoms with van der Waals surface area (Å²) < 4.78 is 0. The van der Waals surface area contributed by atoms with Crippen molar-refractivity contribution in [2.24, 2.45) is 5.73 Å². The Bertz CT molecular complexity index is 490. The van der Waals surface area contributed by atoms with Crippen LogP contribution in [0.25, 0.3) is 0 Å². The molecule has 3 nitrogen and oxygen atoms in total. The summed E-state index contributed by atoms with van der Waals surface area (Å²) in [5.41, 5.74) is 9.55. The van der Waals surface area contributed by atoms with Crippen LogP contribution in [0.5, 0.6) is 0 Å². The van der Waals surface area contributed by atoms with Gasteiger partial charge < -0.3 is 10.6 Å². The maximum atomic E-state index is 12.7. The van der Waals surface area contributed by atoms with Gasteiger partial charge in [-0.25, -0.2) is 0 Å². The molecule has 2 N–H and O–H groups in total. The van der Waals surface area contributed by atoms with Crippen molar-refractivity contribution in [3.8, 4) is 0 Å². The minimum atomic E-state index is 0.256. The number of likely N-dealkylation sites (N-methyl/N-ethyl adjacent to an activating group) is 1. The van der Waals surface area contributed by atoms with Gasteiger partial charge in [0, 0.05) is 18.6 Å². The molecule has 0 aliphatic heterocycles. The molecular weight excluding hydrogens is 260 g/mol. The first-order valence-electron chi connectivity index (χ1n) is 8.12. The molecule has 3 heteroatoms. The van der Waals surface area contributed by atoms with Gasteiger partial charge in [0.15, 0.2) is 0 Å². The Morgan fingerprint density at radius 2 is 1.90 bits per heavy atom. The van der Waals surface area contributed by atoms with Crippen LogP contribution < -0.4 is 5.73 Å². The van der Waals surface area contributed by atoms with Crippen LogP contribution in [0.4, 0.5) is 0 Å². The van der Waals surface area contributed by atoms with E-state index < -0.39 is 0 Å². The predicted molar refractivity (Wildman–Crippen MR) is 87.2 cm³/mol. The van der Waals surface area contributed by atoms with Gasteiger partial charge in [-0.2, -0.15) is 0 Å². The number of amides is 1. The van der Waals surface area contributed by atoms with E-state index in [0.29, 0.717) is 18.5 Å². The highest BCUT2D eigenvalue weighted by Gasteiger charge is 2.26. The molecule has 1 aliphatic rings. The minimum Gasteiger partial charge on any atom is -0.340 e. The molecule has 21 heavy (non-hydrogen) atoms. The summed E-state index contributed by atoms with van der Waals surface area (Å²) in [7, 11) is 0. The molecule has 1 amide bonds. The average Bonchev–Trinajstić information content (AvgIpc) is 2.46. The summed E-state index contributed by atoms with van der Waals surface area (Å²) in [5.74, 6) is 0.256. The zero-order valence-electron chi connectivity index (χ0n) is 13.6. The molecule has 1 aliphatic carbocycles. The van der Waals surface area contributed by atoms with Crippen molar-refractivity contribution in [2.75, 3.05) is 6.54 Å². The zero-order chi connectivity index (χ0) is 15.4. The van der Waals surface area contributed by atoms with Gasteiger partial charge in [0.05, 0.1) is 6.42 Å². The van der Waals surface area contributed by atoms with Crippen LogP contribution in [0.2, 0.25) is 0 Å². The van der Waals surface area contributed by atoms with Gasteiger partial charge in [-0.3, -0.25) is 4.79 Å². The molecule has 0 spiro atoms. The van der Waals surface area contributed by atoms with E-state index in [1.54, 1.807) is 0 Å². The molecule has 2 rings (SSSR count). The first kappa shape index (κ1) is 16.0. The van der Waals surface area contributed by atoms with E-state index in [0.717, 1.165) is 37.8 Å². The number of rotatable bonds is 4. The number of hydrogen-bond donors (Lipinski definition) is 1. The molecule has 0 bridgehead atoms. The lowest BCUT2D eigenvalue weighted by atomic mass is 9.90. The summed E-state index contributed by atoms with van der Waals surface area (Å²) in [6, 6.07) is 7.05. The SMILES string of the molecule is CCN(C(=O)Cc1cc(C)ccc1C)C1CCC(N)CC1. The monoisotopic (exact) mass is 288 g/mol. The average molecular weight is 288 g/mol. The molecular formula is C18H28N2O. The van der Waals surface area contributed by atoms with E-state index >= 15 is 0 Å². The summed E-state index contributed by atoms with van der Waals surface area (Å²) >= 11 is 0. The lowest BCUT2D eigenvalue weighted by Crippen LogP contribution is -2.44. The number of benzene rings is 1. The van der Waals surface area contributed by atoms with Crippen molar-refractivity contribution < 1.29 is 4.79 Å². The Kier molecular flexibility index (Phi) is 5.40. The molecule has 0 radical (unpaired) electrons. The lowest BCUT2D eigenvalue weighted by molar-refractivity contribution is -0.133. The Labute approximate surface area is 128 Å². The fourth-order valence-electron chi connectivity index (χ4n) is 3.31. The summed E-state index contributed by atoms with van der Waals surface area (Å²) in [6.45, 7) is 7.03. The second-order valence-corrected chi connectivity index (χ2v) is 6.36. The normalized spacial score (nSPS) is 22.1. The smallest absolute Gasteiger partial charge is 0.227 e. The zero-order valence-corrected chi connectivity index (χ0v) is 13.6. The van der Waals surface area contributed by atoms with Gasteiger partial charge in [-0.05, 0) is 57.6 Å². The Balaban J connectivity index is 2.04. The number of nitrogens with two attached hydrogens (primary N) is 1. The number of carbonyl (C=O) groups excluding carboxylic acids is 1. The van der Waals surface area contributed by atoms with Crippen LogP contribution in [0.15, 0.2) is 18.2 Å². The van der Waals surface area contributed by atoms with Crippen molar-refractivity contribution in [3.05, 3.63) is 34.9 Å². The second-order valence-electron chi connectivity index (χ2n) is 6.36. The Morgan fingerprint density at radius 3 is 2.52 bits per heavy atom. The van der Waals surface area contributed by atoms with E-state index in [1.807, 2.05) is 0 Å². The van der Waals surface area contributed by atoms with Crippen molar-refractivity contribution in [3.63, 3.8) is 0 Å². The molecule has 0 unspecified atom stereocenters. The van der Waals surface area contributed by atoms with E-state index in [4.69, 9.17) is 5.73 Å². The maximum Gasteiger partial charge on any atom is 0.227 e. The minimum absolute atomic E-state index is 0.256. The molecule has 1 saturated carbocycles. The molecule has 1 aromatic rings. The first-order chi connectivity index (χ1) is 10.0. The fraction of sp³-hybridized carbons (Fsp3) is 0.611. The van der Waals surface area contributed by atoms with Crippen LogP contribution in [0.3, 0.4) is 0 Å². The summed E-state index contributed by atoms with van der Waals surface area (Å²) in [6.07, 6.45) is 4.70. The van der Waals surface area contributed by atoms with Crippen molar-refractivity contribution in [1.29, 1.82) is 0 Å². The third-order valence-corrected chi connectivity index (χ3v) is 4.69. The molecule has 116 valence electrons. The van der Waals surface area contributed by atoms with Crippen molar-refractivity contribution >= 4 is 5.91 Å². The largest absolute Gasteiger partial charge is 0.340 e. The van der Waals surface area contributed by atoms with Gasteiger partial charge in [0.1, 0.15) is 0 Å². The molecule has 0 atom stereocenters. The van der Waals surface area contributed by atoms with Gasteiger partial charge in [0.2, 0.25) is 5.91 Å². The highest BCUT2D eigenvalue weighted by atomic mass is 16.2. The molecule has 0 saturated heterocycles. The molecule has 0 heterocycles. The third kappa shape index (κ3) is 4.07. The van der Waals surface area contributed by atoms with E-state index in [2.05, 4.69) is 43.9 Å². The topological polar surface area (TPSA) is 46.3 Å². The fourth-order valence-corrected chi connectivity index (χ4v) is 3.31. The van der Waals surface area contributed by atoms with Crippen LogP contribution in [0, 0.1) is 13.8 Å². The number of hydrogen-bond acceptors (Lipinski definition) is 2. The van der Waals surface area contributed by atoms with Crippen molar-refractivity contribution in [2.45, 2.75) is 65.0 Å². The summed E-state index contributed by atoms with van der Waals surface area (Å²) in [5, 5.41) is 0. The quantitative estimate of drug-likeness (QED) is 0.926. The highest BCUT2D eigenvalue weighted by molar-refractivity contribution is 5.79.